The summed E-state index contributed by atoms with van der Waals surface area (Å²) < 4.78 is 6.14. The van der Waals surface area contributed by atoms with E-state index in [1.54, 1.807) is 0 Å². The van der Waals surface area contributed by atoms with Crippen molar-refractivity contribution in [2.24, 2.45) is 23.2 Å². The molecule has 0 radical (unpaired) electrons. The summed E-state index contributed by atoms with van der Waals surface area (Å²) in [5.74, 6) is 2.57. The van der Waals surface area contributed by atoms with Gasteiger partial charge in [-0.25, -0.2) is 4.79 Å². The minimum Gasteiger partial charge on any atom is -0.448 e. The van der Waals surface area contributed by atoms with Crippen molar-refractivity contribution in [2.75, 3.05) is 6.61 Å². The normalized spacial score (nSPS) is 39.4. The second-order valence-corrected chi connectivity index (χ2v) is 13.6. The van der Waals surface area contributed by atoms with Gasteiger partial charge < -0.3 is 14.7 Å². The number of aliphatic hydroxyl groups is 1. The van der Waals surface area contributed by atoms with E-state index in [2.05, 4.69) is 53.4 Å². The molecule has 194 valence electrons. The highest BCUT2D eigenvalue weighted by Gasteiger charge is 2.63. The summed E-state index contributed by atoms with van der Waals surface area (Å²) in [6.07, 6.45) is 12.3. The van der Waals surface area contributed by atoms with Gasteiger partial charge in [0, 0.05) is 23.4 Å². The fourth-order valence-electron chi connectivity index (χ4n) is 10.5. The third-order valence-corrected chi connectivity index (χ3v) is 11.6. The number of fused-ring (bicyclic) bond motifs is 5. The standard InChI is InChI=1S/C33H39NO3/c35-31(37-20-30-28-10-3-1-8-26(28)27-9-2-4-11-29(27)30)34-24-6-5-7-25(34)19-33(36,18-24)32-15-21-12-22(16-32)14-23(13-21)17-32/h1-4,8-11,21-25,30,36H,5-7,12-20H2. The number of rotatable bonds is 3. The Morgan fingerprint density at radius 1 is 0.811 bits per heavy atom. The summed E-state index contributed by atoms with van der Waals surface area (Å²) in [5.41, 5.74) is 4.52. The number of amides is 1. The monoisotopic (exact) mass is 497 g/mol. The highest BCUT2D eigenvalue weighted by Crippen LogP contribution is 2.66. The molecule has 2 aromatic rings. The highest BCUT2D eigenvalue weighted by atomic mass is 16.6. The molecule has 2 aromatic carbocycles. The van der Waals surface area contributed by atoms with Crippen LogP contribution in [0.4, 0.5) is 4.79 Å². The molecule has 6 bridgehead atoms. The smallest absolute Gasteiger partial charge is 0.410 e. The second-order valence-electron chi connectivity index (χ2n) is 13.6. The van der Waals surface area contributed by atoms with Crippen LogP contribution in [0.25, 0.3) is 11.1 Å². The highest BCUT2D eigenvalue weighted by molar-refractivity contribution is 5.79. The third-order valence-electron chi connectivity index (χ3n) is 11.6. The molecule has 2 aliphatic heterocycles. The lowest BCUT2D eigenvalue weighted by molar-refractivity contribution is -0.214. The van der Waals surface area contributed by atoms with Gasteiger partial charge in [-0.1, -0.05) is 48.5 Å². The molecule has 0 spiro atoms. The van der Waals surface area contributed by atoms with Crippen molar-refractivity contribution >= 4 is 6.09 Å². The molecule has 4 heteroatoms. The molecule has 4 nitrogen and oxygen atoms in total. The van der Waals surface area contributed by atoms with E-state index in [4.69, 9.17) is 4.74 Å². The predicted molar refractivity (Wildman–Crippen MR) is 143 cm³/mol. The quantitative estimate of drug-likeness (QED) is 0.502. The zero-order chi connectivity index (χ0) is 24.8. The number of nitrogens with zero attached hydrogens (tertiary/aromatic N) is 1. The molecule has 37 heavy (non-hydrogen) atoms. The number of hydrogen-bond donors (Lipinski definition) is 1. The van der Waals surface area contributed by atoms with Crippen molar-refractivity contribution in [3.8, 4) is 11.1 Å². The van der Waals surface area contributed by atoms with Crippen molar-refractivity contribution in [3.63, 3.8) is 0 Å². The van der Waals surface area contributed by atoms with E-state index in [1.807, 2.05) is 0 Å². The lowest BCUT2D eigenvalue weighted by Crippen LogP contribution is -2.67. The summed E-state index contributed by atoms with van der Waals surface area (Å²) in [4.78, 5) is 15.7. The maximum absolute atomic E-state index is 13.7. The van der Waals surface area contributed by atoms with Gasteiger partial charge in [-0.15, -0.1) is 0 Å². The van der Waals surface area contributed by atoms with E-state index >= 15 is 0 Å². The van der Waals surface area contributed by atoms with Crippen LogP contribution in [-0.4, -0.2) is 40.4 Å². The Hall–Kier alpha value is -2.33. The van der Waals surface area contributed by atoms with Crippen molar-refractivity contribution in [3.05, 3.63) is 59.7 Å². The predicted octanol–water partition coefficient (Wildman–Crippen LogP) is 6.90. The zero-order valence-electron chi connectivity index (χ0n) is 21.8. The minimum atomic E-state index is -0.612. The molecule has 2 saturated heterocycles. The molecule has 2 atom stereocenters. The number of hydrogen-bond acceptors (Lipinski definition) is 3. The number of piperidine rings is 2. The largest absolute Gasteiger partial charge is 0.448 e. The Labute approximate surface area is 220 Å². The lowest BCUT2D eigenvalue weighted by Gasteiger charge is -2.65. The molecular formula is C33H39NO3. The molecule has 4 saturated carbocycles. The van der Waals surface area contributed by atoms with Crippen LogP contribution in [0.3, 0.4) is 0 Å². The van der Waals surface area contributed by atoms with E-state index in [1.165, 1.54) is 60.8 Å². The van der Waals surface area contributed by atoms with Crippen LogP contribution >= 0.6 is 0 Å². The van der Waals surface area contributed by atoms with Gasteiger partial charge in [0.05, 0.1) is 5.60 Å². The zero-order valence-corrected chi connectivity index (χ0v) is 21.8. The Morgan fingerprint density at radius 3 is 1.86 bits per heavy atom. The Kier molecular flexibility index (Phi) is 4.95. The lowest BCUT2D eigenvalue weighted by atomic mass is 9.43. The van der Waals surface area contributed by atoms with E-state index in [9.17, 15) is 9.90 Å². The van der Waals surface area contributed by atoms with Gasteiger partial charge in [-0.2, -0.15) is 0 Å². The minimum absolute atomic E-state index is 0.0879. The van der Waals surface area contributed by atoms with Gasteiger partial charge in [0.2, 0.25) is 0 Å². The molecule has 5 aliphatic carbocycles. The van der Waals surface area contributed by atoms with E-state index in [0.717, 1.165) is 49.9 Å². The number of benzene rings is 2. The first-order chi connectivity index (χ1) is 18.0. The molecule has 0 aromatic heterocycles. The van der Waals surface area contributed by atoms with Crippen LogP contribution in [0.5, 0.6) is 0 Å². The van der Waals surface area contributed by atoms with Crippen molar-refractivity contribution in [2.45, 2.75) is 94.2 Å². The first-order valence-corrected chi connectivity index (χ1v) is 14.9. The molecule has 1 N–H and O–H groups in total. The second kappa shape index (κ2) is 8.09. The number of carbonyl (C=O) groups excluding carboxylic acids is 1. The summed E-state index contributed by atoms with van der Waals surface area (Å²) >= 11 is 0. The van der Waals surface area contributed by atoms with Crippen LogP contribution in [0.15, 0.2) is 48.5 Å². The molecule has 1 amide bonds. The van der Waals surface area contributed by atoms with Gasteiger partial charge >= 0.3 is 6.09 Å². The van der Waals surface area contributed by atoms with Crippen LogP contribution in [0.1, 0.15) is 87.7 Å². The summed E-state index contributed by atoms with van der Waals surface area (Å²) in [6.45, 7) is 0.377. The average molecular weight is 498 g/mol. The maximum atomic E-state index is 13.7. The summed E-state index contributed by atoms with van der Waals surface area (Å²) in [5, 5.41) is 12.4. The molecule has 2 heterocycles. The van der Waals surface area contributed by atoms with E-state index in [0.29, 0.717) is 6.61 Å². The summed E-state index contributed by atoms with van der Waals surface area (Å²) in [7, 11) is 0. The van der Waals surface area contributed by atoms with Gasteiger partial charge in [0.25, 0.3) is 0 Å². The van der Waals surface area contributed by atoms with Crippen molar-refractivity contribution in [1.82, 2.24) is 4.90 Å². The van der Waals surface area contributed by atoms with Crippen LogP contribution in [-0.2, 0) is 4.74 Å². The first-order valence-electron chi connectivity index (χ1n) is 14.9. The van der Waals surface area contributed by atoms with Crippen LogP contribution < -0.4 is 0 Å². The van der Waals surface area contributed by atoms with Crippen LogP contribution in [0, 0.1) is 23.2 Å². The first kappa shape index (κ1) is 22.6. The van der Waals surface area contributed by atoms with Gasteiger partial charge in [0.15, 0.2) is 0 Å². The molecular weight excluding hydrogens is 458 g/mol. The molecule has 7 aliphatic rings. The molecule has 6 fully saturated rings. The third kappa shape index (κ3) is 3.33. The van der Waals surface area contributed by atoms with Gasteiger partial charge in [-0.05, 0) is 111 Å². The van der Waals surface area contributed by atoms with Crippen molar-refractivity contribution < 1.29 is 14.6 Å². The topological polar surface area (TPSA) is 49.8 Å². The van der Waals surface area contributed by atoms with Crippen LogP contribution in [0.2, 0.25) is 0 Å². The SMILES string of the molecule is O=C(OCC1c2ccccc2-c2ccccc21)N1C2CCCC1CC(O)(C13CC4CC(CC(C4)C1)C3)C2. The fraction of sp³-hybridized carbons (Fsp3) is 0.606. The number of carbonyl (C=O) groups is 1. The van der Waals surface area contributed by atoms with E-state index in [-0.39, 0.29) is 29.5 Å². The Bertz CT molecular complexity index is 1140. The molecule has 9 rings (SSSR count). The number of ether oxygens (including phenoxy) is 1. The maximum Gasteiger partial charge on any atom is 0.410 e. The van der Waals surface area contributed by atoms with Gasteiger partial charge in [0.1, 0.15) is 6.61 Å². The van der Waals surface area contributed by atoms with Crippen molar-refractivity contribution in [1.29, 1.82) is 0 Å². The Balaban J connectivity index is 1.02. The van der Waals surface area contributed by atoms with E-state index < -0.39 is 5.60 Å². The molecule has 2 unspecified atom stereocenters. The summed E-state index contributed by atoms with van der Waals surface area (Å²) in [6, 6.07) is 17.3. The average Bonchev–Trinajstić information content (AvgIpc) is 3.20. The fourth-order valence-corrected chi connectivity index (χ4v) is 10.5. The van der Waals surface area contributed by atoms with Gasteiger partial charge in [-0.3, -0.25) is 0 Å². The Morgan fingerprint density at radius 2 is 1.32 bits per heavy atom.